The summed E-state index contributed by atoms with van der Waals surface area (Å²) in [5.41, 5.74) is 0. The van der Waals surface area contributed by atoms with Gasteiger partial charge in [-0.15, -0.1) is 0 Å². The van der Waals surface area contributed by atoms with Gasteiger partial charge in [-0.2, -0.15) is 4.31 Å². The van der Waals surface area contributed by atoms with E-state index in [9.17, 15) is 16.8 Å². The van der Waals surface area contributed by atoms with Crippen LogP contribution in [0.4, 0.5) is 0 Å². The molecule has 1 aromatic carbocycles. The second kappa shape index (κ2) is 6.88. The minimum Gasteiger partial charge on any atom is -0.208 e. The van der Waals surface area contributed by atoms with Crippen LogP contribution in [0.15, 0.2) is 34.1 Å². The summed E-state index contributed by atoms with van der Waals surface area (Å²) in [4.78, 5) is 0.209. The zero-order valence-corrected chi connectivity index (χ0v) is 15.3. The molecule has 1 atom stereocenters. The van der Waals surface area contributed by atoms with Crippen molar-refractivity contribution in [1.82, 2.24) is 9.03 Å². The van der Waals surface area contributed by atoms with Crippen molar-refractivity contribution in [2.24, 2.45) is 5.92 Å². The molecule has 0 aromatic heterocycles. The quantitative estimate of drug-likeness (QED) is 0.838. The summed E-state index contributed by atoms with van der Waals surface area (Å²) in [5, 5.41) is 0. The molecule has 1 aromatic rings. The molecule has 1 fully saturated rings. The first kappa shape index (κ1) is 18.4. The highest BCUT2D eigenvalue weighted by atomic mass is 32.2. The molecule has 1 unspecified atom stereocenters. The smallest absolute Gasteiger partial charge is 0.208 e. The standard InChI is InChI=1S/C15H24N2O4S2/c1-12(2)13(3)16-22(18,19)14-6-8-15(9-7-14)23(20,21)17-10-4-5-11-17/h6-9,12-13,16H,4-5,10-11H2,1-3H3. The molecule has 0 amide bonds. The van der Waals surface area contributed by atoms with Gasteiger partial charge in [0.15, 0.2) is 0 Å². The highest BCUT2D eigenvalue weighted by molar-refractivity contribution is 7.89. The van der Waals surface area contributed by atoms with E-state index in [1.165, 1.54) is 28.6 Å². The number of hydrogen-bond donors (Lipinski definition) is 1. The molecule has 0 bridgehead atoms. The van der Waals surface area contributed by atoms with E-state index in [0.717, 1.165) is 12.8 Å². The molecular formula is C15H24N2O4S2. The third-order valence-corrected chi connectivity index (χ3v) is 7.67. The Morgan fingerprint density at radius 1 is 0.913 bits per heavy atom. The van der Waals surface area contributed by atoms with Gasteiger partial charge in [0, 0.05) is 19.1 Å². The average Bonchev–Trinajstić information content (AvgIpc) is 3.01. The number of rotatable bonds is 6. The lowest BCUT2D eigenvalue weighted by atomic mass is 10.1. The lowest BCUT2D eigenvalue weighted by Crippen LogP contribution is -2.36. The van der Waals surface area contributed by atoms with E-state index >= 15 is 0 Å². The van der Waals surface area contributed by atoms with Crippen LogP contribution < -0.4 is 4.72 Å². The fourth-order valence-electron chi connectivity index (χ4n) is 2.32. The van der Waals surface area contributed by atoms with E-state index in [0.29, 0.717) is 13.1 Å². The first-order valence-corrected chi connectivity index (χ1v) is 10.7. The van der Waals surface area contributed by atoms with Crippen LogP contribution in [-0.4, -0.2) is 40.3 Å². The molecule has 2 rings (SSSR count). The molecule has 0 aliphatic carbocycles. The molecule has 6 nitrogen and oxygen atoms in total. The van der Waals surface area contributed by atoms with E-state index in [-0.39, 0.29) is 21.8 Å². The SMILES string of the molecule is CC(C)C(C)NS(=O)(=O)c1ccc(S(=O)(=O)N2CCCC2)cc1. The molecule has 1 aliphatic heterocycles. The second-order valence-electron chi connectivity index (χ2n) is 6.24. The molecule has 0 radical (unpaired) electrons. The van der Waals surface area contributed by atoms with Crippen LogP contribution >= 0.6 is 0 Å². The van der Waals surface area contributed by atoms with Gasteiger partial charge >= 0.3 is 0 Å². The maximum Gasteiger partial charge on any atom is 0.243 e. The first-order valence-electron chi connectivity index (χ1n) is 7.77. The van der Waals surface area contributed by atoms with Gasteiger partial charge in [0.25, 0.3) is 0 Å². The van der Waals surface area contributed by atoms with Crippen molar-refractivity contribution in [1.29, 1.82) is 0 Å². The molecule has 23 heavy (non-hydrogen) atoms. The molecule has 8 heteroatoms. The van der Waals surface area contributed by atoms with Crippen molar-refractivity contribution in [2.75, 3.05) is 13.1 Å². The lowest BCUT2D eigenvalue weighted by Gasteiger charge is -2.18. The number of hydrogen-bond acceptors (Lipinski definition) is 4. The van der Waals surface area contributed by atoms with Crippen LogP contribution in [0.5, 0.6) is 0 Å². The minimum absolute atomic E-state index is 0.0744. The number of nitrogens with one attached hydrogen (secondary N) is 1. The minimum atomic E-state index is -3.64. The Labute approximate surface area is 139 Å². The molecule has 1 N–H and O–H groups in total. The largest absolute Gasteiger partial charge is 0.243 e. The van der Waals surface area contributed by atoms with Gasteiger partial charge in [0.1, 0.15) is 0 Å². The predicted octanol–water partition coefficient (Wildman–Crippen LogP) is 1.79. The van der Waals surface area contributed by atoms with Crippen molar-refractivity contribution in [3.8, 4) is 0 Å². The zero-order chi connectivity index (χ0) is 17.3. The molecule has 1 saturated heterocycles. The average molecular weight is 361 g/mol. The van der Waals surface area contributed by atoms with Gasteiger partial charge in [-0.1, -0.05) is 13.8 Å². The lowest BCUT2D eigenvalue weighted by molar-refractivity contribution is 0.475. The summed E-state index contributed by atoms with van der Waals surface area (Å²) in [7, 11) is -7.16. The van der Waals surface area contributed by atoms with Crippen LogP contribution in [0, 0.1) is 5.92 Å². The molecule has 0 saturated carbocycles. The fourth-order valence-corrected chi connectivity index (χ4v) is 5.23. The monoisotopic (exact) mass is 360 g/mol. The van der Waals surface area contributed by atoms with Crippen LogP contribution in [0.3, 0.4) is 0 Å². The van der Waals surface area contributed by atoms with Crippen LogP contribution in [0.1, 0.15) is 33.6 Å². The topological polar surface area (TPSA) is 83.5 Å². The van der Waals surface area contributed by atoms with Gasteiger partial charge in [-0.3, -0.25) is 0 Å². The van der Waals surface area contributed by atoms with Crippen LogP contribution in [0.25, 0.3) is 0 Å². The maximum absolute atomic E-state index is 12.4. The Bertz CT molecular complexity index is 734. The van der Waals surface area contributed by atoms with Crippen molar-refractivity contribution >= 4 is 20.0 Å². The Morgan fingerprint density at radius 2 is 1.39 bits per heavy atom. The number of benzene rings is 1. The summed E-state index contributed by atoms with van der Waals surface area (Å²) in [5.74, 6) is 0.166. The van der Waals surface area contributed by atoms with Gasteiger partial charge in [-0.25, -0.2) is 21.6 Å². The highest BCUT2D eigenvalue weighted by Crippen LogP contribution is 2.22. The zero-order valence-electron chi connectivity index (χ0n) is 13.7. The van der Waals surface area contributed by atoms with E-state index in [1.807, 2.05) is 13.8 Å². The van der Waals surface area contributed by atoms with Gasteiger partial charge < -0.3 is 0 Å². The maximum atomic E-state index is 12.4. The van der Waals surface area contributed by atoms with Gasteiger partial charge in [0.2, 0.25) is 20.0 Å². The van der Waals surface area contributed by atoms with Crippen molar-refractivity contribution in [3.05, 3.63) is 24.3 Å². The van der Waals surface area contributed by atoms with Crippen molar-refractivity contribution in [2.45, 2.75) is 49.4 Å². The first-order chi connectivity index (χ1) is 10.6. The predicted molar refractivity (Wildman–Crippen MR) is 89.1 cm³/mol. The Kier molecular flexibility index (Phi) is 5.50. The molecule has 1 aliphatic rings. The van der Waals surface area contributed by atoms with E-state index in [4.69, 9.17) is 0 Å². The highest BCUT2D eigenvalue weighted by Gasteiger charge is 2.27. The van der Waals surface area contributed by atoms with Gasteiger partial charge in [-0.05, 0) is 49.9 Å². The Morgan fingerprint density at radius 3 is 1.87 bits per heavy atom. The van der Waals surface area contributed by atoms with Crippen molar-refractivity contribution < 1.29 is 16.8 Å². The normalized spacial score (nSPS) is 18.4. The molecule has 1 heterocycles. The Balaban J connectivity index is 2.22. The summed E-state index contributed by atoms with van der Waals surface area (Å²) in [6.07, 6.45) is 1.73. The molecule has 130 valence electrons. The van der Waals surface area contributed by atoms with E-state index in [1.54, 1.807) is 6.92 Å². The van der Waals surface area contributed by atoms with Crippen LogP contribution in [0.2, 0.25) is 0 Å². The van der Waals surface area contributed by atoms with Crippen molar-refractivity contribution in [3.63, 3.8) is 0 Å². The molecular weight excluding hydrogens is 336 g/mol. The third-order valence-electron chi connectivity index (χ3n) is 4.18. The van der Waals surface area contributed by atoms with Crippen LogP contribution in [-0.2, 0) is 20.0 Å². The second-order valence-corrected chi connectivity index (χ2v) is 9.89. The number of sulfonamides is 2. The molecule has 0 spiro atoms. The summed E-state index contributed by atoms with van der Waals surface area (Å²) >= 11 is 0. The number of nitrogens with zero attached hydrogens (tertiary/aromatic N) is 1. The van der Waals surface area contributed by atoms with E-state index < -0.39 is 20.0 Å². The Hall–Kier alpha value is -0.960. The fraction of sp³-hybridized carbons (Fsp3) is 0.600. The van der Waals surface area contributed by atoms with E-state index in [2.05, 4.69) is 4.72 Å². The third kappa shape index (κ3) is 4.12. The summed E-state index contributed by atoms with van der Waals surface area (Å²) in [6, 6.07) is 5.22. The summed E-state index contributed by atoms with van der Waals surface area (Å²) < 4.78 is 53.5. The summed E-state index contributed by atoms with van der Waals surface area (Å²) in [6.45, 7) is 6.71. The van der Waals surface area contributed by atoms with Gasteiger partial charge in [0.05, 0.1) is 9.79 Å².